The van der Waals surface area contributed by atoms with Crippen LogP contribution >= 0.6 is 0 Å². The van der Waals surface area contributed by atoms with Crippen LogP contribution in [0.2, 0.25) is 0 Å². The highest BCUT2D eigenvalue weighted by molar-refractivity contribution is 6.11. The van der Waals surface area contributed by atoms with Crippen molar-refractivity contribution in [3.63, 3.8) is 0 Å². The van der Waals surface area contributed by atoms with Crippen molar-refractivity contribution in [3.05, 3.63) is 65.7 Å². The summed E-state index contributed by atoms with van der Waals surface area (Å²) in [6.07, 6.45) is 1.58. The lowest BCUT2D eigenvalue weighted by molar-refractivity contribution is -0.141. The Hall–Kier alpha value is -3.32. The van der Waals surface area contributed by atoms with E-state index in [4.69, 9.17) is 9.47 Å². The van der Waals surface area contributed by atoms with Crippen LogP contribution in [0.25, 0.3) is 0 Å². The fraction of sp³-hybridized carbons (Fsp3) is 0.200. The first kappa shape index (κ1) is 20.0. The smallest absolute Gasteiger partial charge is 0.330 e. The molecule has 1 unspecified atom stereocenters. The zero-order valence-corrected chi connectivity index (χ0v) is 14.7. The molecule has 0 aliphatic heterocycles. The van der Waals surface area contributed by atoms with Gasteiger partial charge >= 0.3 is 5.97 Å². The Labute approximate surface area is 156 Å². The Morgan fingerprint density at radius 3 is 2.41 bits per heavy atom. The van der Waals surface area contributed by atoms with E-state index in [-0.39, 0.29) is 24.5 Å². The van der Waals surface area contributed by atoms with E-state index in [2.05, 4.69) is 0 Å². The summed E-state index contributed by atoms with van der Waals surface area (Å²) in [5.41, 5.74) is 0.283. The Morgan fingerprint density at radius 2 is 1.74 bits per heavy atom. The molecule has 7 heteroatoms. The van der Waals surface area contributed by atoms with Crippen molar-refractivity contribution in [3.8, 4) is 17.2 Å². The first-order valence-corrected chi connectivity index (χ1v) is 8.19. The first-order chi connectivity index (χ1) is 12.9. The maximum atomic E-state index is 12.4. The normalized spacial score (nSPS) is 11.9. The highest BCUT2D eigenvalue weighted by Crippen LogP contribution is 2.38. The number of carbonyl (C=O) groups excluding carboxylic acids is 2. The molecule has 2 aromatic rings. The molecule has 2 rings (SSSR count). The van der Waals surface area contributed by atoms with Crippen LogP contribution in [0.5, 0.6) is 17.2 Å². The van der Waals surface area contributed by atoms with Gasteiger partial charge in [0.15, 0.2) is 17.3 Å². The number of rotatable bonds is 8. The van der Waals surface area contributed by atoms with E-state index in [1.807, 2.05) is 0 Å². The largest absolute Gasteiger partial charge is 0.504 e. The molecule has 3 N–H and O–H groups in total. The standard InChI is InChI=1S/C20H20O7/c1-2-6-17(22)27-12-14(21)11-26-16-10-9-15(19(24)20(16)25)18(23)13-7-4-3-5-8-13/h2-10,14,21,24-25H,11-12H2,1H3. The van der Waals surface area contributed by atoms with Gasteiger partial charge in [-0.05, 0) is 19.1 Å². The lowest BCUT2D eigenvalue weighted by Crippen LogP contribution is -2.24. The van der Waals surface area contributed by atoms with Gasteiger partial charge in [0.05, 0.1) is 5.56 Å². The van der Waals surface area contributed by atoms with Gasteiger partial charge in [-0.3, -0.25) is 4.79 Å². The van der Waals surface area contributed by atoms with E-state index < -0.39 is 29.4 Å². The van der Waals surface area contributed by atoms with Gasteiger partial charge in [0.1, 0.15) is 19.3 Å². The molecule has 0 fully saturated rings. The fourth-order valence-electron chi connectivity index (χ4n) is 2.20. The molecule has 0 amide bonds. The van der Waals surface area contributed by atoms with Crippen LogP contribution in [-0.4, -0.2) is 46.4 Å². The highest BCUT2D eigenvalue weighted by atomic mass is 16.5. The summed E-state index contributed by atoms with van der Waals surface area (Å²) >= 11 is 0. The topological polar surface area (TPSA) is 113 Å². The molecular weight excluding hydrogens is 352 g/mol. The average molecular weight is 372 g/mol. The summed E-state index contributed by atoms with van der Waals surface area (Å²) < 4.78 is 10.0. The van der Waals surface area contributed by atoms with Crippen LogP contribution in [0.4, 0.5) is 0 Å². The molecular formula is C20H20O7. The van der Waals surface area contributed by atoms with Crippen LogP contribution in [0.15, 0.2) is 54.6 Å². The molecule has 0 aliphatic carbocycles. The highest BCUT2D eigenvalue weighted by Gasteiger charge is 2.20. The third-order valence-electron chi connectivity index (χ3n) is 3.55. The summed E-state index contributed by atoms with van der Waals surface area (Å²) in [4.78, 5) is 23.6. The van der Waals surface area contributed by atoms with E-state index in [9.17, 15) is 24.9 Å². The number of phenolic OH excluding ortho intramolecular Hbond substituents is 2. The quantitative estimate of drug-likeness (QED) is 0.282. The number of hydrogen-bond donors (Lipinski definition) is 3. The molecule has 27 heavy (non-hydrogen) atoms. The second kappa shape index (κ2) is 9.40. The second-order valence-electron chi connectivity index (χ2n) is 5.60. The lowest BCUT2D eigenvalue weighted by Gasteiger charge is -2.14. The molecule has 0 radical (unpaired) electrons. The minimum atomic E-state index is -1.13. The van der Waals surface area contributed by atoms with Crippen molar-refractivity contribution >= 4 is 11.8 Å². The van der Waals surface area contributed by atoms with Crippen LogP contribution in [0.1, 0.15) is 22.8 Å². The summed E-state index contributed by atoms with van der Waals surface area (Å²) in [6.45, 7) is 1.07. The number of aliphatic hydroxyl groups excluding tert-OH is 1. The third-order valence-corrected chi connectivity index (χ3v) is 3.55. The fourth-order valence-corrected chi connectivity index (χ4v) is 2.20. The summed E-state index contributed by atoms with van der Waals surface area (Å²) in [5, 5.41) is 29.9. The number of esters is 1. The van der Waals surface area contributed by atoms with Gasteiger partial charge in [0, 0.05) is 11.6 Å². The van der Waals surface area contributed by atoms with E-state index in [0.717, 1.165) is 0 Å². The van der Waals surface area contributed by atoms with E-state index in [0.29, 0.717) is 5.56 Å². The number of phenols is 2. The van der Waals surface area contributed by atoms with E-state index >= 15 is 0 Å². The van der Waals surface area contributed by atoms with Crippen molar-refractivity contribution in [1.29, 1.82) is 0 Å². The molecule has 0 spiro atoms. The summed E-state index contributed by atoms with van der Waals surface area (Å²) in [7, 11) is 0. The second-order valence-corrected chi connectivity index (χ2v) is 5.60. The minimum absolute atomic E-state index is 0.0770. The first-order valence-electron chi connectivity index (χ1n) is 8.19. The van der Waals surface area contributed by atoms with E-state index in [1.165, 1.54) is 24.3 Å². The number of aliphatic hydroxyl groups is 1. The zero-order valence-electron chi connectivity index (χ0n) is 14.7. The van der Waals surface area contributed by atoms with Crippen molar-refractivity contribution in [2.75, 3.05) is 13.2 Å². The Morgan fingerprint density at radius 1 is 1.04 bits per heavy atom. The average Bonchev–Trinajstić information content (AvgIpc) is 2.68. The zero-order chi connectivity index (χ0) is 19.8. The molecule has 0 bridgehead atoms. The van der Waals surface area contributed by atoms with E-state index in [1.54, 1.807) is 37.3 Å². The van der Waals surface area contributed by atoms with Gasteiger partial charge in [0.2, 0.25) is 5.75 Å². The molecule has 2 aromatic carbocycles. The van der Waals surface area contributed by atoms with Gasteiger partial charge in [0.25, 0.3) is 0 Å². The van der Waals surface area contributed by atoms with Gasteiger partial charge < -0.3 is 24.8 Å². The molecule has 0 aromatic heterocycles. The monoisotopic (exact) mass is 372 g/mol. The van der Waals surface area contributed by atoms with Crippen molar-refractivity contribution in [2.45, 2.75) is 13.0 Å². The SMILES string of the molecule is CC=CC(=O)OCC(O)COc1ccc(C(=O)c2ccccc2)c(O)c1O. The molecule has 0 saturated heterocycles. The summed E-state index contributed by atoms with van der Waals surface area (Å²) in [6, 6.07) is 10.9. The number of allylic oxidation sites excluding steroid dienone is 1. The van der Waals surface area contributed by atoms with Gasteiger partial charge in [-0.25, -0.2) is 4.79 Å². The minimum Gasteiger partial charge on any atom is -0.504 e. The van der Waals surface area contributed by atoms with Crippen LogP contribution in [-0.2, 0) is 9.53 Å². The predicted octanol–water partition coefficient (Wildman–Crippen LogP) is 2.19. The molecule has 142 valence electrons. The number of ether oxygens (including phenoxy) is 2. The lowest BCUT2D eigenvalue weighted by atomic mass is 10.0. The van der Waals surface area contributed by atoms with Crippen molar-refractivity contribution in [2.24, 2.45) is 0 Å². The number of carbonyl (C=O) groups is 2. The molecule has 0 heterocycles. The van der Waals surface area contributed by atoms with Crippen LogP contribution in [0.3, 0.4) is 0 Å². The number of aromatic hydroxyl groups is 2. The number of ketones is 1. The number of hydrogen-bond acceptors (Lipinski definition) is 7. The van der Waals surface area contributed by atoms with Crippen molar-refractivity contribution in [1.82, 2.24) is 0 Å². The Bertz CT molecular complexity index is 828. The van der Waals surface area contributed by atoms with Crippen LogP contribution < -0.4 is 4.74 Å². The maximum Gasteiger partial charge on any atom is 0.330 e. The molecule has 7 nitrogen and oxygen atoms in total. The molecule has 0 aliphatic rings. The van der Waals surface area contributed by atoms with Gasteiger partial charge in [-0.1, -0.05) is 36.4 Å². The third kappa shape index (κ3) is 5.32. The maximum absolute atomic E-state index is 12.4. The summed E-state index contributed by atoms with van der Waals surface area (Å²) in [5.74, 6) is -2.40. The van der Waals surface area contributed by atoms with Crippen molar-refractivity contribution < 1.29 is 34.4 Å². The molecule has 1 atom stereocenters. The van der Waals surface area contributed by atoms with Gasteiger partial charge in [-0.2, -0.15) is 0 Å². The molecule has 0 saturated carbocycles. The number of benzene rings is 2. The Kier molecular flexibility index (Phi) is 6.96. The van der Waals surface area contributed by atoms with Gasteiger partial charge in [-0.15, -0.1) is 0 Å². The van der Waals surface area contributed by atoms with Crippen LogP contribution in [0, 0.1) is 0 Å². The Balaban J connectivity index is 2.02. The predicted molar refractivity (Wildman–Crippen MR) is 96.9 cm³/mol.